The maximum Gasteiger partial charge on any atom is 0.533 e. The first-order chi connectivity index (χ1) is 8.22. The van der Waals surface area contributed by atoms with Crippen molar-refractivity contribution < 1.29 is 19.2 Å². The Kier molecular flexibility index (Phi) is 6.43. The number of ether oxygens (including phenoxy) is 1. The number of rotatable bonds is 4. The molecular weight excluding hydrogens is 222 g/mol. The van der Waals surface area contributed by atoms with E-state index in [1.165, 1.54) is 32.1 Å². The van der Waals surface area contributed by atoms with Gasteiger partial charge in [-0.3, -0.25) is 4.79 Å². The van der Waals surface area contributed by atoms with E-state index in [2.05, 4.69) is 15.1 Å². The van der Waals surface area contributed by atoms with Crippen molar-refractivity contribution >= 4 is 12.1 Å². The van der Waals surface area contributed by atoms with Gasteiger partial charge in [0.2, 0.25) is 0 Å². The zero-order valence-electron chi connectivity index (χ0n) is 10.4. The lowest BCUT2D eigenvalue weighted by atomic mass is 9.86. The van der Waals surface area contributed by atoms with Crippen molar-refractivity contribution in [3.8, 4) is 0 Å². The van der Waals surface area contributed by atoms with E-state index in [4.69, 9.17) is 0 Å². The highest BCUT2D eigenvalue weighted by Crippen LogP contribution is 2.27. The van der Waals surface area contributed by atoms with Gasteiger partial charge in [0.15, 0.2) is 0 Å². The Bertz CT molecular complexity index is 249. The van der Waals surface area contributed by atoms with E-state index in [0.717, 1.165) is 6.42 Å². The van der Waals surface area contributed by atoms with Crippen molar-refractivity contribution in [3.05, 3.63) is 0 Å². The maximum absolute atomic E-state index is 11.4. The number of carbonyl (C=O) groups excluding carboxylic acids is 2. The number of amides is 1. The van der Waals surface area contributed by atoms with Gasteiger partial charge in [-0.2, -0.15) is 5.48 Å². The first-order valence-electron chi connectivity index (χ1n) is 6.34. The monoisotopic (exact) mass is 243 g/mol. The lowest BCUT2D eigenvalue weighted by Crippen LogP contribution is -2.27. The molecule has 1 N–H and O–H groups in total. The average molecular weight is 243 g/mol. The second-order valence-electron chi connectivity index (χ2n) is 4.35. The molecule has 1 amide bonds. The molecule has 1 aliphatic carbocycles. The minimum Gasteiger partial charge on any atom is -0.433 e. The summed E-state index contributed by atoms with van der Waals surface area (Å²) in [6.07, 6.45) is 6.70. The summed E-state index contributed by atoms with van der Waals surface area (Å²) in [4.78, 5) is 26.6. The van der Waals surface area contributed by atoms with E-state index in [1.54, 1.807) is 6.92 Å². The first-order valence-corrected chi connectivity index (χ1v) is 6.34. The molecule has 17 heavy (non-hydrogen) atoms. The van der Waals surface area contributed by atoms with E-state index in [0.29, 0.717) is 12.3 Å². The zero-order valence-corrected chi connectivity index (χ0v) is 10.4. The van der Waals surface area contributed by atoms with Gasteiger partial charge >= 0.3 is 6.16 Å². The van der Waals surface area contributed by atoms with Crippen molar-refractivity contribution in [3.63, 3.8) is 0 Å². The maximum atomic E-state index is 11.4. The first kappa shape index (κ1) is 13.8. The fraction of sp³-hybridized carbons (Fsp3) is 0.833. The van der Waals surface area contributed by atoms with Crippen molar-refractivity contribution in [2.24, 2.45) is 5.92 Å². The third-order valence-electron chi connectivity index (χ3n) is 3.01. The lowest BCUT2D eigenvalue weighted by Gasteiger charge is -2.20. The van der Waals surface area contributed by atoms with E-state index in [1.807, 2.05) is 0 Å². The predicted molar refractivity (Wildman–Crippen MR) is 62.1 cm³/mol. The van der Waals surface area contributed by atoms with Crippen LogP contribution in [0.5, 0.6) is 0 Å². The summed E-state index contributed by atoms with van der Waals surface area (Å²) >= 11 is 0. The Morgan fingerprint density at radius 3 is 2.59 bits per heavy atom. The molecule has 0 saturated heterocycles. The molecule has 0 spiro atoms. The second-order valence-corrected chi connectivity index (χ2v) is 4.35. The fourth-order valence-corrected chi connectivity index (χ4v) is 2.11. The molecule has 0 unspecified atom stereocenters. The van der Waals surface area contributed by atoms with E-state index in [-0.39, 0.29) is 12.5 Å². The van der Waals surface area contributed by atoms with E-state index in [9.17, 15) is 9.59 Å². The SMILES string of the molecule is CCOC(=O)ONC(=O)CCC1CCCCC1. The molecule has 0 heterocycles. The molecule has 0 radical (unpaired) electrons. The molecule has 0 bridgehead atoms. The summed E-state index contributed by atoms with van der Waals surface area (Å²) in [5, 5.41) is 0. The molecule has 5 heteroatoms. The molecule has 1 saturated carbocycles. The Morgan fingerprint density at radius 2 is 1.94 bits per heavy atom. The number of hydrogen-bond acceptors (Lipinski definition) is 4. The van der Waals surface area contributed by atoms with Crippen LogP contribution in [0.4, 0.5) is 4.79 Å². The highest BCUT2D eigenvalue weighted by molar-refractivity contribution is 5.76. The molecule has 5 nitrogen and oxygen atoms in total. The topological polar surface area (TPSA) is 64.6 Å². The lowest BCUT2D eigenvalue weighted by molar-refractivity contribution is -0.131. The van der Waals surface area contributed by atoms with Gasteiger partial charge in [0.05, 0.1) is 6.61 Å². The van der Waals surface area contributed by atoms with Crippen LogP contribution >= 0.6 is 0 Å². The molecule has 0 aromatic rings. The Hall–Kier alpha value is -1.26. The van der Waals surface area contributed by atoms with Gasteiger partial charge in [-0.15, -0.1) is 0 Å². The predicted octanol–water partition coefficient (Wildman–Crippen LogP) is 2.55. The van der Waals surface area contributed by atoms with Crippen molar-refractivity contribution in [2.75, 3.05) is 6.61 Å². The van der Waals surface area contributed by atoms with Crippen LogP contribution in [-0.4, -0.2) is 18.7 Å². The quantitative estimate of drug-likeness (QED) is 0.608. The van der Waals surface area contributed by atoms with E-state index >= 15 is 0 Å². The van der Waals surface area contributed by atoms with Crippen LogP contribution in [0.3, 0.4) is 0 Å². The summed E-state index contributed by atoms with van der Waals surface area (Å²) in [5.41, 5.74) is 2.09. The normalized spacial score (nSPS) is 16.3. The minimum absolute atomic E-state index is 0.233. The summed E-state index contributed by atoms with van der Waals surface area (Å²) in [6.45, 7) is 1.91. The Labute approximate surface area is 102 Å². The second kappa shape index (κ2) is 7.92. The van der Waals surface area contributed by atoms with Crippen molar-refractivity contribution in [2.45, 2.75) is 51.9 Å². The van der Waals surface area contributed by atoms with E-state index < -0.39 is 6.16 Å². The van der Waals surface area contributed by atoms with Crippen LogP contribution in [0.15, 0.2) is 0 Å². The van der Waals surface area contributed by atoms with Crippen LogP contribution in [0, 0.1) is 5.92 Å². The minimum atomic E-state index is -0.862. The molecule has 98 valence electrons. The average Bonchev–Trinajstić information content (AvgIpc) is 2.35. The number of nitrogens with one attached hydrogen (secondary N) is 1. The Morgan fingerprint density at radius 1 is 1.24 bits per heavy atom. The summed E-state index contributed by atoms with van der Waals surface area (Å²) in [5.74, 6) is 0.390. The number of hydroxylamine groups is 1. The number of hydrogen-bond donors (Lipinski definition) is 1. The van der Waals surface area contributed by atoms with Crippen LogP contribution < -0.4 is 5.48 Å². The van der Waals surface area contributed by atoms with Gasteiger partial charge in [-0.05, 0) is 19.3 Å². The third kappa shape index (κ3) is 6.14. The highest BCUT2D eigenvalue weighted by atomic mass is 16.8. The van der Waals surface area contributed by atoms with Crippen LogP contribution in [0.1, 0.15) is 51.9 Å². The Balaban J connectivity index is 2.06. The molecule has 0 aliphatic heterocycles. The van der Waals surface area contributed by atoms with Gasteiger partial charge in [0.25, 0.3) is 5.91 Å². The van der Waals surface area contributed by atoms with Crippen LogP contribution in [0.2, 0.25) is 0 Å². The molecule has 1 rings (SSSR count). The van der Waals surface area contributed by atoms with Gasteiger partial charge in [0.1, 0.15) is 0 Å². The summed E-state index contributed by atoms with van der Waals surface area (Å²) < 4.78 is 4.51. The largest absolute Gasteiger partial charge is 0.533 e. The molecular formula is C12H21NO4. The molecule has 0 aromatic carbocycles. The van der Waals surface area contributed by atoms with Crippen LogP contribution in [0.25, 0.3) is 0 Å². The van der Waals surface area contributed by atoms with Gasteiger partial charge in [-0.1, -0.05) is 32.1 Å². The molecule has 1 aliphatic rings. The standard InChI is InChI=1S/C12H21NO4/c1-2-16-12(15)17-13-11(14)9-8-10-6-4-3-5-7-10/h10H,2-9H2,1H3,(H,13,14). The highest BCUT2D eigenvalue weighted by Gasteiger charge is 2.15. The number of carbonyl (C=O) groups is 2. The smallest absolute Gasteiger partial charge is 0.433 e. The zero-order chi connectivity index (χ0) is 12.5. The van der Waals surface area contributed by atoms with Gasteiger partial charge < -0.3 is 9.57 Å². The summed E-state index contributed by atoms with van der Waals surface area (Å²) in [6, 6.07) is 0. The third-order valence-corrected chi connectivity index (χ3v) is 3.01. The van der Waals surface area contributed by atoms with Gasteiger partial charge in [0, 0.05) is 6.42 Å². The molecule has 0 aromatic heterocycles. The molecule has 1 fully saturated rings. The van der Waals surface area contributed by atoms with Crippen molar-refractivity contribution in [1.82, 2.24) is 5.48 Å². The fourth-order valence-electron chi connectivity index (χ4n) is 2.11. The van der Waals surface area contributed by atoms with Crippen LogP contribution in [-0.2, 0) is 14.4 Å². The summed E-state index contributed by atoms with van der Waals surface area (Å²) in [7, 11) is 0. The van der Waals surface area contributed by atoms with Gasteiger partial charge in [-0.25, -0.2) is 4.79 Å². The molecule has 0 atom stereocenters. The van der Waals surface area contributed by atoms with Crippen molar-refractivity contribution in [1.29, 1.82) is 0 Å².